The van der Waals surface area contributed by atoms with Crippen LogP contribution in [0.5, 0.6) is 5.75 Å². The molecule has 1 atom stereocenters. The Hall–Kier alpha value is -2.83. The van der Waals surface area contributed by atoms with E-state index in [4.69, 9.17) is 16.3 Å². The molecule has 0 fully saturated rings. The fourth-order valence-electron chi connectivity index (χ4n) is 2.76. The van der Waals surface area contributed by atoms with E-state index in [0.29, 0.717) is 10.8 Å². The largest absolute Gasteiger partial charge is 0.550 e. The van der Waals surface area contributed by atoms with Crippen molar-refractivity contribution in [3.05, 3.63) is 83.9 Å². The van der Waals surface area contributed by atoms with Crippen LogP contribution in [-0.4, -0.2) is 26.7 Å². The Bertz CT molecular complexity index is 1060. The molecule has 3 aromatic rings. The fraction of sp³-hybridized carbons (Fsp3) is 0.136. The lowest BCUT2D eigenvalue weighted by Crippen LogP contribution is -2.39. The normalized spacial score (nSPS) is 12.3. The second-order valence-electron chi connectivity index (χ2n) is 6.45. The van der Waals surface area contributed by atoms with Crippen LogP contribution in [0.25, 0.3) is 11.1 Å². The Morgan fingerprint density at radius 3 is 2.00 bits per heavy atom. The first-order valence-electron chi connectivity index (χ1n) is 8.82. The quantitative estimate of drug-likeness (QED) is 0.549. The molecular formula is C22H18ClO5S-. The molecule has 0 aromatic heterocycles. The van der Waals surface area contributed by atoms with Crippen molar-refractivity contribution < 1.29 is 23.1 Å². The SMILES string of the molecule is O=C([O-])C(COc1ccccc1)CS(=O)(=O)c1ccc(-c2ccc(Cl)cc2)cc1. The van der Waals surface area contributed by atoms with E-state index in [1.165, 1.54) is 12.1 Å². The Morgan fingerprint density at radius 2 is 1.45 bits per heavy atom. The minimum Gasteiger partial charge on any atom is -0.550 e. The minimum atomic E-state index is -3.84. The topological polar surface area (TPSA) is 83.5 Å². The highest BCUT2D eigenvalue weighted by Gasteiger charge is 2.23. The van der Waals surface area contributed by atoms with Crippen LogP contribution in [0.1, 0.15) is 0 Å². The number of carboxylic acid groups (broad SMARTS) is 1. The summed E-state index contributed by atoms with van der Waals surface area (Å²) < 4.78 is 30.8. The zero-order chi connectivity index (χ0) is 20.9. The van der Waals surface area contributed by atoms with Gasteiger partial charge >= 0.3 is 0 Å². The molecule has 5 nitrogen and oxygen atoms in total. The predicted molar refractivity (Wildman–Crippen MR) is 109 cm³/mol. The van der Waals surface area contributed by atoms with Crippen molar-refractivity contribution in [3.63, 3.8) is 0 Å². The minimum absolute atomic E-state index is 0.0428. The third kappa shape index (κ3) is 5.59. The summed E-state index contributed by atoms with van der Waals surface area (Å²) >= 11 is 5.88. The van der Waals surface area contributed by atoms with Crippen molar-refractivity contribution in [2.75, 3.05) is 12.4 Å². The van der Waals surface area contributed by atoms with Crippen LogP contribution in [-0.2, 0) is 14.6 Å². The molecule has 0 aliphatic carbocycles. The van der Waals surface area contributed by atoms with Gasteiger partial charge in [-0.05, 0) is 47.5 Å². The van der Waals surface area contributed by atoms with Crippen LogP contribution in [0.3, 0.4) is 0 Å². The smallest absolute Gasteiger partial charge is 0.179 e. The van der Waals surface area contributed by atoms with E-state index in [-0.39, 0.29) is 11.5 Å². The molecule has 3 aromatic carbocycles. The van der Waals surface area contributed by atoms with Crippen molar-refractivity contribution in [3.8, 4) is 16.9 Å². The maximum Gasteiger partial charge on any atom is 0.179 e. The maximum absolute atomic E-state index is 12.7. The molecular weight excluding hydrogens is 412 g/mol. The van der Waals surface area contributed by atoms with Gasteiger partial charge in [0.25, 0.3) is 0 Å². The molecule has 0 saturated carbocycles. The number of aliphatic carboxylic acids is 1. The molecule has 0 spiro atoms. The first kappa shape index (κ1) is 20.9. The molecule has 7 heteroatoms. The van der Waals surface area contributed by atoms with E-state index in [2.05, 4.69) is 0 Å². The molecule has 0 aliphatic heterocycles. The number of para-hydroxylation sites is 1. The number of hydrogen-bond acceptors (Lipinski definition) is 5. The summed E-state index contributed by atoms with van der Waals surface area (Å²) in [7, 11) is -3.84. The van der Waals surface area contributed by atoms with Gasteiger partial charge in [0.2, 0.25) is 0 Å². The highest BCUT2D eigenvalue weighted by molar-refractivity contribution is 7.91. The Kier molecular flexibility index (Phi) is 6.56. The summed E-state index contributed by atoms with van der Waals surface area (Å²) in [6, 6.07) is 22.0. The molecule has 3 rings (SSSR count). The van der Waals surface area contributed by atoms with Crippen LogP contribution in [0.2, 0.25) is 5.02 Å². The lowest BCUT2D eigenvalue weighted by molar-refractivity contribution is -0.311. The lowest BCUT2D eigenvalue weighted by atomic mass is 10.1. The van der Waals surface area contributed by atoms with E-state index in [1.54, 1.807) is 54.6 Å². The van der Waals surface area contributed by atoms with E-state index < -0.39 is 27.5 Å². The number of benzene rings is 3. The predicted octanol–water partition coefficient (Wildman–Crippen LogP) is 3.23. The van der Waals surface area contributed by atoms with Gasteiger partial charge < -0.3 is 14.6 Å². The molecule has 0 N–H and O–H groups in total. The van der Waals surface area contributed by atoms with E-state index in [9.17, 15) is 18.3 Å². The van der Waals surface area contributed by atoms with Gasteiger partial charge in [0.1, 0.15) is 5.75 Å². The van der Waals surface area contributed by atoms with Crippen molar-refractivity contribution in [2.45, 2.75) is 4.90 Å². The molecule has 0 heterocycles. The number of carboxylic acids is 1. The molecule has 0 aliphatic rings. The zero-order valence-electron chi connectivity index (χ0n) is 15.3. The van der Waals surface area contributed by atoms with Crippen LogP contribution in [0.15, 0.2) is 83.8 Å². The highest BCUT2D eigenvalue weighted by atomic mass is 35.5. The lowest BCUT2D eigenvalue weighted by Gasteiger charge is -2.19. The van der Waals surface area contributed by atoms with Crippen molar-refractivity contribution in [1.82, 2.24) is 0 Å². The Morgan fingerprint density at radius 1 is 0.897 bits per heavy atom. The molecule has 150 valence electrons. The van der Waals surface area contributed by atoms with Gasteiger partial charge in [0, 0.05) is 16.9 Å². The summed E-state index contributed by atoms with van der Waals surface area (Å²) in [6.07, 6.45) is 0. The Balaban J connectivity index is 1.72. The highest BCUT2D eigenvalue weighted by Crippen LogP contribution is 2.24. The number of halogens is 1. The monoisotopic (exact) mass is 429 g/mol. The average molecular weight is 430 g/mol. The van der Waals surface area contributed by atoms with E-state index in [0.717, 1.165) is 11.1 Å². The molecule has 0 saturated heterocycles. The van der Waals surface area contributed by atoms with Gasteiger partial charge in [-0.3, -0.25) is 0 Å². The summed E-state index contributed by atoms with van der Waals surface area (Å²) in [5, 5.41) is 12.0. The van der Waals surface area contributed by atoms with Gasteiger partial charge in [-0.15, -0.1) is 0 Å². The molecule has 0 amide bonds. The number of carbonyl (C=O) groups excluding carboxylic acids is 1. The van der Waals surface area contributed by atoms with Gasteiger partial charge in [-0.1, -0.05) is 54.1 Å². The standard InChI is InChI=1S/C22H19ClO5S/c23-19-10-6-16(7-11-19)17-8-12-21(13-9-17)29(26,27)15-18(22(24)25)14-28-20-4-2-1-3-5-20/h1-13,18H,14-15H2,(H,24,25)/p-1. The average Bonchev–Trinajstić information content (AvgIpc) is 2.72. The van der Waals surface area contributed by atoms with Crippen LogP contribution in [0.4, 0.5) is 0 Å². The van der Waals surface area contributed by atoms with Crippen LogP contribution < -0.4 is 9.84 Å². The first-order chi connectivity index (χ1) is 13.8. The molecule has 0 radical (unpaired) electrons. The van der Waals surface area contributed by atoms with Crippen LogP contribution >= 0.6 is 11.6 Å². The fourth-order valence-corrected chi connectivity index (χ4v) is 4.39. The number of sulfone groups is 1. The van der Waals surface area contributed by atoms with Gasteiger partial charge in [0.15, 0.2) is 9.84 Å². The summed E-state index contributed by atoms with van der Waals surface area (Å²) in [6.45, 7) is -0.297. The number of carbonyl (C=O) groups is 1. The third-order valence-electron chi connectivity index (χ3n) is 4.34. The second-order valence-corrected chi connectivity index (χ2v) is 8.92. The van der Waals surface area contributed by atoms with Crippen molar-refractivity contribution in [2.24, 2.45) is 5.92 Å². The Labute approximate surface area is 174 Å². The first-order valence-corrected chi connectivity index (χ1v) is 10.9. The number of rotatable bonds is 8. The second kappa shape index (κ2) is 9.11. The third-order valence-corrected chi connectivity index (χ3v) is 6.42. The van der Waals surface area contributed by atoms with Gasteiger partial charge in [0.05, 0.1) is 17.3 Å². The van der Waals surface area contributed by atoms with Crippen molar-refractivity contribution in [1.29, 1.82) is 0 Å². The molecule has 1 unspecified atom stereocenters. The maximum atomic E-state index is 12.7. The number of ether oxygens (including phenoxy) is 1. The van der Waals surface area contributed by atoms with E-state index >= 15 is 0 Å². The van der Waals surface area contributed by atoms with Crippen LogP contribution in [0, 0.1) is 5.92 Å². The van der Waals surface area contributed by atoms with Gasteiger partial charge in [-0.2, -0.15) is 0 Å². The van der Waals surface area contributed by atoms with Gasteiger partial charge in [-0.25, -0.2) is 8.42 Å². The summed E-state index contributed by atoms with van der Waals surface area (Å²) in [4.78, 5) is 11.5. The number of hydrogen-bond donors (Lipinski definition) is 0. The van der Waals surface area contributed by atoms with E-state index in [1.807, 2.05) is 12.1 Å². The molecule has 29 heavy (non-hydrogen) atoms. The molecule has 0 bridgehead atoms. The zero-order valence-corrected chi connectivity index (χ0v) is 16.9. The summed E-state index contributed by atoms with van der Waals surface area (Å²) in [5.41, 5.74) is 1.71. The summed E-state index contributed by atoms with van der Waals surface area (Å²) in [5.74, 6) is -2.91. The van der Waals surface area contributed by atoms with Crippen molar-refractivity contribution >= 4 is 27.4 Å².